The van der Waals surface area contributed by atoms with Crippen LogP contribution in [0.1, 0.15) is 53.0 Å². The molecule has 0 bridgehead atoms. The minimum absolute atomic E-state index is 0.214. The molecular formula is C22H32N2O6. The van der Waals surface area contributed by atoms with E-state index >= 15 is 0 Å². The number of benzene rings is 1. The first kappa shape index (κ1) is 23.5. The highest BCUT2D eigenvalue weighted by Gasteiger charge is 2.50. The number of nitrogens with zero attached hydrogens (tertiary/aromatic N) is 1. The molecule has 0 saturated carbocycles. The summed E-state index contributed by atoms with van der Waals surface area (Å²) in [5.74, 6) is -0.544. The number of nitrogens with one attached hydrogen (secondary N) is 1. The standard InChI is InChI=1S/C22H32N2O6/c1-8-29-19(26)22(5,6)24-13-16(14-9-11-15(28-7)12-10-14)17(18(24)25)23-20(27)30-21(2,3)4/h9-12,16-17H,8,13H2,1-7H3,(H,23,27). The molecule has 0 radical (unpaired) electrons. The second-order valence-electron chi connectivity index (χ2n) is 8.73. The van der Waals surface area contributed by atoms with Crippen LogP contribution in [0.25, 0.3) is 0 Å². The van der Waals surface area contributed by atoms with Crippen LogP contribution in [0.4, 0.5) is 4.79 Å². The molecule has 2 atom stereocenters. The molecule has 0 spiro atoms. The number of esters is 1. The summed E-state index contributed by atoms with van der Waals surface area (Å²) in [6.07, 6.45) is -0.685. The highest BCUT2D eigenvalue weighted by atomic mass is 16.6. The summed E-state index contributed by atoms with van der Waals surface area (Å²) in [5, 5.41) is 2.70. The third kappa shape index (κ3) is 5.23. The lowest BCUT2D eigenvalue weighted by Crippen LogP contribution is -2.54. The molecule has 1 aromatic carbocycles. The summed E-state index contributed by atoms with van der Waals surface area (Å²) in [7, 11) is 1.57. The van der Waals surface area contributed by atoms with Crippen LogP contribution in [0.15, 0.2) is 24.3 Å². The van der Waals surface area contributed by atoms with Gasteiger partial charge >= 0.3 is 12.1 Å². The number of alkyl carbamates (subject to hydrolysis) is 1. The fraction of sp³-hybridized carbons (Fsp3) is 0.591. The number of carbonyl (C=O) groups excluding carboxylic acids is 3. The monoisotopic (exact) mass is 420 g/mol. The number of ether oxygens (including phenoxy) is 3. The van der Waals surface area contributed by atoms with Crippen molar-refractivity contribution < 1.29 is 28.6 Å². The number of rotatable bonds is 6. The van der Waals surface area contributed by atoms with E-state index in [0.717, 1.165) is 5.56 Å². The molecule has 2 rings (SSSR count). The van der Waals surface area contributed by atoms with E-state index in [1.54, 1.807) is 60.8 Å². The molecule has 0 aliphatic carbocycles. The zero-order chi connectivity index (χ0) is 22.7. The van der Waals surface area contributed by atoms with Crippen LogP contribution in [0.2, 0.25) is 0 Å². The van der Waals surface area contributed by atoms with E-state index in [9.17, 15) is 14.4 Å². The van der Waals surface area contributed by atoms with Crippen LogP contribution < -0.4 is 10.1 Å². The van der Waals surface area contributed by atoms with Crippen LogP contribution in [0.3, 0.4) is 0 Å². The molecular weight excluding hydrogens is 388 g/mol. The Hall–Kier alpha value is -2.77. The fourth-order valence-electron chi connectivity index (χ4n) is 3.40. The lowest BCUT2D eigenvalue weighted by atomic mass is 9.94. The van der Waals surface area contributed by atoms with Crippen molar-refractivity contribution >= 4 is 18.0 Å². The molecule has 8 heteroatoms. The van der Waals surface area contributed by atoms with Crippen LogP contribution in [0.5, 0.6) is 5.75 Å². The van der Waals surface area contributed by atoms with Crippen LogP contribution in [-0.2, 0) is 19.1 Å². The molecule has 1 aliphatic heterocycles. The maximum Gasteiger partial charge on any atom is 0.408 e. The van der Waals surface area contributed by atoms with Crippen molar-refractivity contribution in [1.29, 1.82) is 0 Å². The van der Waals surface area contributed by atoms with Gasteiger partial charge in [0.2, 0.25) is 5.91 Å². The Labute approximate surface area is 177 Å². The van der Waals surface area contributed by atoms with Gasteiger partial charge in [0.1, 0.15) is 22.9 Å². The molecule has 8 nitrogen and oxygen atoms in total. The lowest BCUT2D eigenvalue weighted by Gasteiger charge is -2.33. The predicted molar refractivity (Wildman–Crippen MR) is 111 cm³/mol. The number of likely N-dealkylation sites (tertiary alicyclic amines) is 1. The first-order valence-electron chi connectivity index (χ1n) is 10.0. The van der Waals surface area contributed by atoms with Gasteiger partial charge in [0, 0.05) is 12.5 Å². The number of hydrogen-bond donors (Lipinski definition) is 1. The topological polar surface area (TPSA) is 94.2 Å². The molecule has 1 fully saturated rings. The summed E-state index contributed by atoms with van der Waals surface area (Å²) in [5.41, 5.74) is -1.04. The Balaban J connectivity index is 2.36. The first-order chi connectivity index (χ1) is 13.9. The fourth-order valence-corrected chi connectivity index (χ4v) is 3.40. The molecule has 30 heavy (non-hydrogen) atoms. The minimum atomic E-state index is -1.18. The highest BCUT2D eigenvalue weighted by molar-refractivity contribution is 5.94. The smallest absolute Gasteiger partial charge is 0.408 e. The Morgan fingerprint density at radius 1 is 1.13 bits per heavy atom. The van der Waals surface area contributed by atoms with Gasteiger partial charge in [-0.1, -0.05) is 12.1 Å². The van der Waals surface area contributed by atoms with Crippen molar-refractivity contribution in [1.82, 2.24) is 10.2 Å². The maximum atomic E-state index is 13.3. The van der Waals surface area contributed by atoms with E-state index in [2.05, 4.69) is 5.32 Å². The van der Waals surface area contributed by atoms with Gasteiger partial charge in [-0.2, -0.15) is 0 Å². The third-order valence-electron chi connectivity index (χ3n) is 4.98. The summed E-state index contributed by atoms with van der Waals surface area (Å²) in [6, 6.07) is 6.41. The minimum Gasteiger partial charge on any atom is -0.497 e. The van der Waals surface area contributed by atoms with Gasteiger partial charge in [-0.05, 0) is 59.2 Å². The third-order valence-corrected chi connectivity index (χ3v) is 4.98. The highest BCUT2D eigenvalue weighted by Crippen LogP contribution is 2.34. The Morgan fingerprint density at radius 3 is 2.23 bits per heavy atom. The van der Waals surface area contributed by atoms with Crippen LogP contribution in [-0.4, -0.2) is 60.3 Å². The molecule has 166 valence electrons. The van der Waals surface area contributed by atoms with Crippen molar-refractivity contribution in [3.05, 3.63) is 29.8 Å². The van der Waals surface area contributed by atoms with Gasteiger partial charge in [-0.25, -0.2) is 9.59 Å². The van der Waals surface area contributed by atoms with E-state index in [1.807, 2.05) is 12.1 Å². The summed E-state index contributed by atoms with van der Waals surface area (Å²) >= 11 is 0. The van der Waals surface area contributed by atoms with Gasteiger partial charge < -0.3 is 24.4 Å². The van der Waals surface area contributed by atoms with Crippen molar-refractivity contribution in [3.8, 4) is 5.75 Å². The van der Waals surface area contributed by atoms with E-state index < -0.39 is 29.2 Å². The predicted octanol–water partition coefficient (Wildman–Crippen LogP) is 2.86. The number of hydrogen-bond acceptors (Lipinski definition) is 6. The Kier molecular flexibility index (Phi) is 7.00. The number of amides is 2. The summed E-state index contributed by atoms with van der Waals surface area (Å²) in [6.45, 7) is 10.7. The van der Waals surface area contributed by atoms with E-state index in [1.165, 1.54) is 4.90 Å². The quantitative estimate of drug-likeness (QED) is 0.711. The average molecular weight is 421 g/mol. The van der Waals surface area contributed by atoms with E-state index in [0.29, 0.717) is 5.75 Å². The van der Waals surface area contributed by atoms with E-state index in [-0.39, 0.29) is 25.0 Å². The summed E-state index contributed by atoms with van der Waals surface area (Å²) < 4.78 is 15.7. The van der Waals surface area contributed by atoms with Gasteiger partial charge in [0.15, 0.2) is 0 Å². The normalized spacial score (nSPS) is 19.4. The van der Waals surface area contributed by atoms with Crippen molar-refractivity contribution in [2.45, 2.75) is 64.6 Å². The second-order valence-corrected chi connectivity index (χ2v) is 8.73. The van der Waals surface area contributed by atoms with Gasteiger partial charge in [0.05, 0.1) is 13.7 Å². The van der Waals surface area contributed by atoms with Crippen LogP contribution in [0, 0.1) is 0 Å². The summed E-state index contributed by atoms with van der Waals surface area (Å²) in [4.78, 5) is 39.7. The lowest BCUT2D eigenvalue weighted by molar-refractivity contribution is -0.160. The largest absolute Gasteiger partial charge is 0.497 e. The Morgan fingerprint density at radius 2 is 1.73 bits per heavy atom. The molecule has 1 aromatic rings. The molecule has 1 saturated heterocycles. The molecule has 1 N–H and O–H groups in total. The SMILES string of the molecule is CCOC(=O)C(C)(C)N1CC(c2ccc(OC)cc2)C(NC(=O)OC(C)(C)C)C1=O. The van der Waals surface area contributed by atoms with Crippen LogP contribution >= 0.6 is 0 Å². The van der Waals surface area contributed by atoms with Crippen molar-refractivity contribution in [3.63, 3.8) is 0 Å². The molecule has 1 heterocycles. The molecule has 0 aromatic heterocycles. The van der Waals surface area contributed by atoms with E-state index in [4.69, 9.17) is 14.2 Å². The molecule has 2 unspecified atom stereocenters. The Bertz CT molecular complexity index is 782. The zero-order valence-electron chi connectivity index (χ0n) is 18.8. The average Bonchev–Trinajstić information content (AvgIpc) is 2.97. The second kappa shape index (κ2) is 8.93. The van der Waals surface area contributed by atoms with Gasteiger partial charge in [0.25, 0.3) is 0 Å². The van der Waals surface area contributed by atoms with Crippen molar-refractivity contribution in [2.24, 2.45) is 0 Å². The molecule has 2 amide bonds. The number of methoxy groups -OCH3 is 1. The molecule has 1 aliphatic rings. The zero-order valence-corrected chi connectivity index (χ0v) is 18.8. The van der Waals surface area contributed by atoms with Gasteiger partial charge in [-0.15, -0.1) is 0 Å². The van der Waals surface area contributed by atoms with Crippen molar-refractivity contribution in [2.75, 3.05) is 20.3 Å². The maximum absolute atomic E-state index is 13.3. The first-order valence-corrected chi connectivity index (χ1v) is 10.0. The number of carbonyl (C=O) groups is 3. The van der Waals surface area contributed by atoms with Gasteiger partial charge in [-0.3, -0.25) is 4.79 Å².